The first kappa shape index (κ1) is 18.9. The summed E-state index contributed by atoms with van der Waals surface area (Å²) < 4.78 is 14.2. The molecule has 1 fully saturated rings. The highest BCUT2D eigenvalue weighted by Gasteiger charge is 2.29. The predicted molar refractivity (Wildman–Crippen MR) is 90.7 cm³/mol. The third-order valence-corrected chi connectivity index (χ3v) is 4.14. The van der Waals surface area contributed by atoms with Crippen LogP contribution in [0.15, 0.2) is 18.2 Å². The number of hydrogen-bond acceptors (Lipinski definition) is 3. The van der Waals surface area contributed by atoms with Crippen LogP contribution in [0.1, 0.15) is 43.5 Å². The molecule has 0 spiro atoms. The van der Waals surface area contributed by atoms with Gasteiger partial charge in [0.1, 0.15) is 5.82 Å². The zero-order valence-electron chi connectivity index (χ0n) is 14.4. The van der Waals surface area contributed by atoms with Gasteiger partial charge in [0.2, 0.25) is 5.91 Å². The summed E-state index contributed by atoms with van der Waals surface area (Å²) in [5, 5.41) is 11.6. The minimum absolute atomic E-state index is 0.0317. The number of carbonyl (C=O) groups is 3. The maximum atomic E-state index is 14.2. The Labute approximate surface area is 146 Å². The van der Waals surface area contributed by atoms with Gasteiger partial charge in [-0.3, -0.25) is 14.4 Å². The van der Waals surface area contributed by atoms with Crippen molar-refractivity contribution in [3.8, 4) is 0 Å². The van der Waals surface area contributed by atoms with Gasteiger partial charge in [-0.2, -0.15) is 0 Å². The predicted octanol–water partition coefficient (Wildman–Crippen LogP) is 2.75. The van der Waals surface area contributed by atoms with Crippen LogP contribution in [0.25, 0.3) is 0 Å². The van der Waals surface area contributed by atoms with Crippen molar-refractivity contribution < 1.29 is 23.9 Å². The van der Waals surface area contributed by atoms with E-state index in [2.05, 4.69) is 5.32 Å². The number of halogens is 1. The van der Waals surface area contributed by atoms with Crippen molar-refractivity contribution in [2.75, 3.05) is 18.4 Å². The van der Waals surface area contributed by atoms with Gasteiger partial charge in [-0.15, -0.1) is 0 Å². The van der Waals surface area contributed by atoms with Crippen molar-refractivity contribution in [3.63, 3.8) is 0 Å². The summed E-state index contributed by atoms with van der Waals surface area (Å²) in [5.74, 6) is -2.72. The second kappa shape index (κ2) is 8.09. The van der Waals surface area contributed by atoms with Crippen LogP contribution in [0.4, 0.5) is 10.1 Å². The molecule has 1 aliphatic heterocycles. The number of carbonyl (C=O) groups excluding carboxylic acids is 2. The molecule has 2 rings (SSSR count). The fraction of sp³-hybridized carbons (Fsp3) is 0.500. The number of nitrogens with one attached hydrogen (secondary N) is 1. The van der Waals surface area contributed by atoms with Gasteiger partial charge in [0.15, 0.2) is 0 Å². The Kier molecular flexibility index (Phi) is 6.12. The number of hydrogen-bond donors (Lipinski definition) is 2. The van der Waals surface area contributed by atoms with Crippen molar-refractivity contribution in [3.05, 3.63) is 29.6 Å². The largest absolute Gasteiger partial charge is 0.481 e. The second-order valence-corrected chi connectivity index (χ2v) is 6.77. The fourth-order valence-electron chi connectivity index (χ4n) is 2.87. The maximum absolute atomic E-state index is 14.2. The Morgan fingerprint density at radius 1 is 1.36 bits per heavy atom. The van der Waals surface area contributed by atoms with Crippen molar-refractivity contribution in [2.45, 2.75) is 33.1 Å². The lowest BCUT2D eigenvalue weighted by molar-refractivity contribution is -0.143. The summed E-state index contributed by atoms with van der Waals surface area (Å²) in [7, 11) is 0. The third kappa shape index (κ3) is 5.01. The topological polar surface area (TPSA) is 86.7 Å². The number of carboxylic acid groups (broad SMARTS) is 1. The minimum atomic E-state index is -0.924. The smallest absolute Gasteiger partial charge is 0.308 e. The van der Waals surface area contributed by atoms with Crippen molar-refractivity contribution >= 4 is 23.5 Å². The molecular weight excluding hydrogens is 327 g/mol. The van der Waals surface area contributed by atoms with E-state index in [1.165, 1.54) is 17.0 Å². The molecule has 7 heteroatoms. The lowest BCUT2D eigenvalue weighted by Crippen LogP contribution is -2.42. The van der Waals surface area contributed by atoms with Crippen molar-refractivity contribution in [1.29, 1.82) is 0 Å². The van der Waals surface area contributed by atoms with Crippen LogP contribution in [0, 0.1) is 17.7 Å². The van der Waals surface area contributed by atoms with Crippen LogP contribution in [-0.2, 0) is 9.59 Å². The number of likely N-dealkylation sites (tertiary alicyclic amines) is 1. The number of carboxylic acids is 1. The number of anilines is 1. The molecule has 1 aromatic carbocycles. The Hall–Kier alpha value is -2.44. The Balaban J connectivity index is 2.07. The SMILES string of the molecule is CC(C)CC(=O)Nc1ccc(C(=O)N2CCC[C@H](C(=O)O)C2)cc1F. The van der Waals surface area contributed by atoms with Crippen molar-refractivity contribution in [2.24, 2.45) is 11.8 Å². The zero-order valence-corrected chi connectivity index (χ0v) is 14.4. The van der Waals surface area contributed by atoms with E-state index in [0.717, 1.165) is 6.07 Å². The van der Waals surface area contributed by atoms with Gasteiger partial charge < -0.3 is 15.3 Å². The normalized spacial score (nSPS) is 17.4. The van der Waals surface area contributed by atoms with Gasteiger partial charge in [0, 0.05) is 25.1 Å². The van der Waals surface area contributed by atoms with E-state index in [1.54, 1.807) is 0 Å². The van der Waals surface area contributed by atoms with Crippen LogP contribution in [0.2, 0.25) is 0 Å². The monoisotopic (exact) mass is 350 g/mol. The zero-order chi connectivity index (χ0) is 18.6. The summed E-state index contributed by atoms with van der Waals surface area (Å²) in [4.78, 5) is 36.7. The van der Waals surface area contributed by atoms with Crippen LogP contribution in [-0.4, -0.2) is 40.9 Å². The average molecular weight is 350 g/mol. The minimum Gasteiger partial charge on any atom is -0.481 e. The molecule has 2 N–H and O–H groups in total. The van der Waals surface area contributed by atoms with Crippen LogP contribution >= 0.6 is 0 Å². The summed E-state index contributed by atoms with van der Waals surface area (Å²) in [6.07, 6.45) is 1.42. The summed E-state index contributed by atoms with van der Waals surface area (Å²) >= 11 is 0. The van der Waals surface area contributed by atoms with E-state index in [0.29, 0.717) is 19.4 Å². The van der Waals surface area contributed by atoms with E-state index in [1.807, 2.05) is 13.8 Å². The number of nitrogens with zero attached hydrogens (tertiary/aromatic N) is 1. The van der Waals surface area contributed by atoms with Gasteiger partial charge in [0.25, 0.3) is 5.91 Å². The highest BCUT2D eigenvalue weighted by atomic mass is 19.1. The molecule has 0 saturated carbocycles. The van der Waals surface area contributed by atoms with Crippen LogP contribution in [0.5, 0.6) is 0 Å². The average Bonchev–Trinajstić information content (AvgIpc) is 2.55. The highest BCUT2D eigenvalue weighted by molar-refractivity contribution is 5.96. The first-order chi connectivity index (χ1) is 11.8. The highest BCUT2D eigenvalue weighted by Crippen LogP contribution is 2.21. The molecule has 0 aromatic heterocycles. The van der Waals surface area contributed by atoms with Gasteiger partial charge >= 0.3 is 5.97 Å². The Morgan fingerprint density at radius 2 is 2.08 bits per heavy atom. The van der Waals surface area contributed by atoms with Gasteiger partial charge in [-0.1, -0.05) is 13.8 Å². The number of aliphatic carboxylic acids is 1. The van der Waals surface area contributed by atoms with Crippen LogP contribution in [0.3, 0.4) is 0 Å². The fourth-order valence-corrected chi connectivity index (χ4v) is 2.87. The van der Waals surface area contributed by atoms with E-state index < -0.39 is 23.6 Å². The van der Waals surface area contributed by atoms with E-state index >= 15 is 0 Å². The summed E-state index contributed by atoms with van der Waals surface area (Å²) in [5.41, 5.74) is 0.176. The molecule has 1 atom stereocenters. The molecule has 6 nitrogen and oxygen atoms in total. The van der Waals surface area contributed by atoms with E-state index in [-0.39, 0.29) is 36.0 Å². The summed E-state index contributed by atoms with van der Waals surface area (Å²) in [6, 6.07) is 3.89. The van der Waals surface area contributed by atoms with Crippen LogP contribution < -0.4 is 5.32 Å². The molecule has 25 heavy (non-hydrogen) atoms. The number of rotatable bonds is 5. The molecule has 0 radical (unpaired) electrons. The molecule has 136 valence electrons. The molecule has 0 aliphatic carbocycles. The second-order valence-electron chi connectivity index (χ2n) is 6.77. The number of amides is 2. The quantitative estimate of drug-likeness (QED) is 0.855. The van der Waals surface area contributed by atoms with Gasteiger partial charge in [-0.25, -0.2) is 4.39 Å². The van der Waals surface area contributed by atoms with Gasteiger partial charge in [0.05, 0.1) is 11.6 Å². The molecular formula is C18H23FN2O4. The molecule has 1 aliphatic rings. The molecule has 0 bridgehead atoms. The molecule has 0 unspecified atom stereocenters. The Bertz CT molecular complexity index is 675. The first-order valence-corrected chi connectivity index (χ1v) is 8.39. The lowest BCUT2D eigenvalue weighted by atomic mass is 9.97. The number of piperidine rings is 1. The van der Waals surface area contributed by atoms with Crippen molar-refractivity contribution in [1.82, 2.24) is 4.90 Å². The van der Waals surface area contributed by atoms with E-state index in [4.69, 9.17) is 5.11 Å². The third-order valence-electron chi connectivity index (χ3n) is 4.14. The Morgan fingerprint density at radius 3 is 2.68 bits per heavy atom. The molecule has 1 saturated heterocycles. The number of benzene rings is 1. The molecule has 1 aromatic rings. The standard InChI is InChI=1S/C18H23FN2O4/c1-11(2)8-16(22)20-15-6-5-12(9-14(15)19)17(23)21-7-3-4-13(10-21)18(24)25/h5-6,9,11,13H,3-4,7-8,10H2,1-2H3,(H,20,22)(H,24,25)/t13-/m0/s1. The molecule has 1 heterocycles. The van der Waals surface area contributed by atoms with Gasteiger partial charge in [-0.05, 0) is 37.0 Å². The first-order valence-electron chi connectivity index (χ1n) is 8.39. The maximum Gasteiger partial charge on any atom is 0.308 e. The molecule has 2 amide bonds. The summed E-state index contributed by atoms with van der Waals surface area (Å²) in [6.45, 7) is 4.36. The lowest BCUT2D eigenvalue weighted by Gasteiger charge is -2.30. The van der Waals surface area contributed by atoms with E-state index in [9.17, 15) is 18.8 Å².